The van der Waals surface area contributed by atoms with E-state index in [0.29, 0.717) is 24.5 Å². The molecule has 2 heterocycles. The molecule has 1 N–H and O–H groups in total. The summed E-state index contributed by atoms with van der Waals surface area (Å²) in [4.78, 5) is 37.8. The van der Waals surface area contributed by atoms with Gasteiger partial charge in [-0.2, -0.15) is 4.31 Å². The number of thiophene rings is 1. The van der Waals surface area contributed by atoms with Gasteiger partial charge in [0.2, 0.25) is 10.0 Å². The molecule has 1 amide bonds. The van der Waals surface area contributed by atoms with Gasteiger partial charge in [-0.1, -0.05) is 13.0 Å². The van der Waals surface area contributed by atoms with E-state index in [1.54, 1.807) is 13.0 Å². The minimum atomic E-state index is -3.68. The fraction of sp³-hybridized carbons (Fsp3) is 0.409. The van der Waals surface area contributed by atoms with Crippen LogP contribution in [-0.4, -0.2) is 56.9 Å². The third-order valence-corrected chi connectivity index (χ3v) is 8.08. The number of esters is 2. The third kappa shape index (κ3) is 5.98. The molecule has 0 atom stereocenters. The number of nitrogens with zero attached hydrogens (tertiary/aromatic N) is 1. The maximum atomic E-state index is 12.7. The number of carbonyl (C=O) groups is 3. The molecule has 178 valence electrons. The number of aryl methyl sites for hydroxylation is 1. The number of hydrogen-bond acceptors (Lipinski definition) is 8. The number of sulfonamides is 1. The number of ether oxygens (including phenoxy) is 2. The van der Waals surface area contributed by atoms with E-state index < -0.39 is 34.5 Å². The molecule has 9 nitrogen and oxygen atoms in total. The first-order valence-corrected chi connectivity index (χ1v) is 12.9. The van der Waals surface area contributed by atoms with Crippen molar-refractivity contribution < 1.29 is 32.3 Å². The van der Waals surface area contributed by atoms with Crippen LogP contribution in [0, 0.1) is 0 Å². The second kappa shape index (κ2) is 10.9. The Kier molecular flexibility index (Phi) is 8.22. The molecule has 1 aliphatic heterocycles. The molecule has 3 rings (SSSR count). The quantitative estimate of drug-likeness (QED) is 0.532. The Morgan fingerprint density at radius 1 is 1.06 bits per heavy atom. The average Bonchev–Trinajstić information content (AvgIpc) is 3.48. The van der Waals surface area contributed by atoms with Gasteiger partial charge in [-0.05, 0) is 50.5 Å². The SMILES string of the molecule is CCOC(=O)c1cc(CC)sc1NC(=O)COC(=O)c1cccc(S(=O)(=O)N2CCCC2)c1. The van der Waals surface area contributed by atoms with E-state index in [0.717, 1.165) is 17.7 Å². The summed E-state index contributed by atoms with van der Waals surface area (Å²) in [5.41, 5.74) is 0.276. The molecule has 0 bridgehead atoms. The van der Waals surface area contributed by atoms with Crippen LogP contribution in [0.4, 0.5) is 5.00 Å². The summed E-state index contributed by atoms with van der Waals surface area (Å²) in [5.74, 6) is -1.99. The molecule has 1 fully saturated rings. The molecule has 0 unspecified atom stereocenters. The molecular formula is C22H26N2O7S2. The number of hydrogen-bond donors (Lipinski definition) is 1. The molecule has 1 aliphatic rings. The van der Waals surface area contributed by atoms with Gasteiger partial charge in [0.1, 0.15) is 5.00 Å². The lowest BCUT2D eigenvalue weighted by molar-refractivity contribution is -0.119. The lowest BCUT2D eigenvalue weighted by Gasteiger charge is -2.15. The summed E-state index contributed by atoms with van der Waals surface area (Å²) in [5, 5.41) is 2.91. The highest BCUT2D eigenvalue weighted by atomic mass is 32.2. The van der Waals surface area contributed by atoms with Gasteiger partial charge in [-0.3, -0.25) is 4.79 Å². The first-order valence-electron chi connectivity index (χ1n) is 10.6. The highest BCUT2D eigenvalue weighted by Crippen LogP contribution is 2.29. The maximum absolute atomic E-state index is 12.7. The van der Waals surface area contributed by atoms with Gasteiger partial charge in [0.25, 0.3) is 5.91 Å². The molecule has 1 aromatic heterocycles. The lowest BCUT2D eigenvalue weighted by Crippen LogP contribution is -2.28. The van der Waals surface area contributed by atoms with Gasteiger partial charge in [-0.15, -0.1) is 11.3 Å². The fourth-order valence-corrected chi connectivity index (χ4v) is 5.87. The van der Waals surface area contributed by atoms with E-state index in [-0.39, 0.29) is 22.6 Å². The van der Waals surface area contributed by atoms with E-state index in [2.05, 4.69) is 5.32 Å². The van der Waals surface area contributed by atoms with Gasteiger partial charge in [-0.25, -0.2) is 18.0 Å². The highest BCUT2D eigenvalue weighted by molar-refractivity contribution is 7.89. The summed E-state index contributed by atoms with van der Waals surface area (Å²) < 4.78 is 36.9. The summed E-state index contributed by atoms with van der Waals surface area (Å²) in [6.45, 7) is 4.12. The highest BCUT2D eigenvalue weighted by Gasteiger charge is 2.28. The predicted molar refractivity (Wildman–Crippen MR) is 123 cm³/mol. The third-order valence-electron chi connectivity index (χ3n) is 4.99. The summed E-state index contributed by atoms with van der Waals surface area (Å²) in [7, 11) is -3.68. The monoisotopic (exact) mass is 494 g/mol. The Bertz CT molecular complexity index is 1140. The summed E-state index contributed by atoms with van der Waals surface area (Å²) in [6, 6.07) is 7.23. The standard InChI is InChI=1S/C22H26N2O7S2/c1-3-16-13-18(22(27)30-4-2)20(32-16)23-19(25)14-31-21(26)15-8-7-9-17(12-15)33(28,29)24-10-5-6-11-24/h7-9,12-13H,3-6,10-11,14H2,1-2H3,(H,23,25). The largest absolute Gasteiger partial charge is 0.462 e. The maximum Gasteiger partial charge on any atom is 0.341 e. The van der Waals surface area contributed by atoms with Crippen molar-refractivity contribution in [1.82, 2.24) is 4.31 Å². The number of amides is 1. The molecule has 33 heavy (non-hydrogen) atoms. The van der Waals surface area contributed by atoms with Gasteiger partial charge in [0.15, 0.2) is 6.61 Å². The van der Waals surface area contributed by atoms with Crippen LogP contribution in [0.2, 0.25) is 0 Å². The molecule has 2 aromatic rings. The number of anilines is 1. The zero-order chi connectivity index (χ0) is 24.0. The van der Waals surface area contributed by atoms with Crippen molar-refractivity contribution in [2.45, 2.75) is 38.0 Å². The minimum Gasteiger partial charge on any atom is -0.462 e. The zero-order valence-corrected chi connectivity index (χ0v) is 20.1. The topological polar surface area (TPSA) is 119 Å². The number of nitrogens with one attached hydrogen (secondary N) is 1. The second-order valence-electron chi connectivity index (χ2n) is 7.29. The van der Waals surface area contributed by atoms with Crippen molar-refractivity contribution in [1.29, 1.82) is 0 Å². The van der Waals surface area contributed by atoms with Crippen LogP contribution in [0.3, 0.4) is 0 Å². The van der Waals surface area contributed by atoms with E-state index in [1.807, 2.05) is 6.92 Å². The van der Waals surface area contributed by atoms with Gasteiger partial charge < -0.3 is 14.8 Å². The Labute approximate surface area is 196 Å². The average molecular weight is 495 g/mol. The normalized spacial score (nSPS) is 14.1. The molecule has 11 heteroatoms. The van der Waals surface area contributed by atoms with Crippen molar-refractivity contribution >= 4 is 44.2 Å². The van der Waals surface area contributed by atoms with Crippen LogP contribution >= 0.6 is 11.3 Å². The van der Waals surface area contributed by atoms with Gasteiger partial charge in [0, 0.05) is 18.0 Å². The Morgan fingerprint density at radius 2 is 1.79 bits per heavy atom. The number of rotatable bonds is 9. The molecule has 0 radical (unpaired) electrons. The summed E-state index contributed by atoms with van der Waals surface area (Å²) in [6.07, 6.45) is 2.29. The van der Waals surface area contributed by atoms with Crippen molar-refractivity contribution in [3.05, 3.63) is 46.3 Å². The molecular weight excluding hydrogens is 468 g/mol. The molecule has 1 saturated heterocycles. The van der Waals surface area contributed by atoms with Crippen molar-refractivity contribution in [2.24, 2.45) is 0 Å². The molecule has 1 aromatic carbocycles. The van der Waals surface area contributed by atoms with Crippen LogP contribution < -0.4 is 5.32 Å². The van der Waals surface area contributed by atoms with E-state index >= 15 is 0 Å². The fourth-order valence-electron chi connectivity index (χ4n) is 3.31. The molecule has 0 saturated carbocycles. The smallest absolute Gasteiger partial charge is 0.341 e. The first-order chi connectivity index (χ1) is 15.8. The number of benzene rings is 1. The Hall–Kier alpha value is -2.76. The van der Waals surface area contributed by atoms with E-state index in [4.69, 9.17) is 9.47 Å². The van der Waals surface area contributed by atoms with Gasteiger partial charge in [0.05, 0.1) is 22.6 Å². The van der Waals surface area contributed by atoms with Crippen LogP contribution in [0.1, 0.15) is 52.3 Å². The first kappa shape index (κ1) is 24.9. The van der Waals surface area contributed by atoms with Crippen molar-refractivity contribution in [3.8, 4) is 0 Å². The second-order valence-corrected chi connectivity index (χ2v) is 10.4. The van der Waals surface area contributed by atoms with Crippen molar-refractivity contribution in [3.63, 3.8) is 0 Å². The van der Waals surface area contributed by atoms with E-state index in [9.17, 15) is 22.8 Å². The Balaban J connectivity index is 1.64. The zero-order valence-electron chi connectivity index (χ0n) is 18.5. The molecule has 0 aliphatic carbocycles. The van der Waals surface area contributed by atoms with Gasteiger partial charge >= 0.3 is 11.9 Å². The Morgan fingerprint density at radius 3 is 2.45 bits per heavy atom. The lowest BCUT2D eigenvalue weighted by atomic mass is 10.2. The minimum absolute atomic E-state index is 0.00746. The summed E-state index contributed by atoms with van der Waals surface area (Å²) >= 11 is 1.24. The van der Waals surface area contributed by atoms with Crippen molar-refractivity contribution in [2.75, 3.05) is 31.6 Å². The van der Waals surface area contributed by atoms with Crippen LogP contribution in [0.25, 0.3) is 0 Å². The number of carbonyl (C=O) groups excluding carboxylic acids is 3. The van der Waals surface area contributed by atoms with Crippen LogP contribution in [0.15, 0.2) is 35.2 Å². The van der Waals surface area contributed by atoms with E-state index in [1.165, 1.54) is 39.9 Å². The van der Waals surface area contributed by atoms with Crippen LogP contribution in [0.5, 0.6) is 0 Å². The predicted octanol–water partition coefficient (Wildman–Crippen LogP) is 3.07. The van der Waals surface area contributed by atoms with Crippen LogP contribution in [-0.2, 0) is 30.7 Å². The molecule has 0 spiro atoms.